The van der Waals surface area contributed by atoms with Gasteiger partial charge in [-0.3, -0.25) is 19.3 Å². The van der Waals surface area contributed by atoms with Crippen LogP contribution in [-0.4, -0.2) is 29.2 Å². The summed E-state index contributed by atoms with van der Waals surface area (Å²) in [5.41, 5.74) is 0.810. The highest BCUT2D eigenvalue weighted by atomic mass is 16.2. The Labute approximate surface area is 165 Å². The lowest BCUT2D eigenvalue weighted by atomic mass is 9.63. The maximum absolute atomic E-state index is 12.9. The summed E-state index contributed by atoms with van der Waals surface area (Å²) in [6.07, 6.45) is 8.44. The van der Waals surface area contributed by atoms with E-state index in [1.807, 2.05) is 30.3 Å². The molecule has 5 nitrogen and oxygen atoms in total. The third-order valence-electron chi connectivity index (χ3n) is 7.10. The molecule has 5 aliphatic rings. The molecule has 1 aromatic carbocycles. The van der Waals surface area contributed by atoms with Crippen LogP contribution in [0.3, 0.4) is 0 Å². The predicted octanol–water partition coefficient (Wildman–Crippen LogP) is 3.24. The zero-order chi connectivity index (χ0) is 19.3. The van der Waals surface area contributed by atoms with Crippen LogP contribution >= 0.6 is 0 Å². The van der Waals surface area contributed by atoms with Crippen LogP contribution in [0.25, 0.3) is 0 Å². The molecule has 0 radical (unpaired) electrons. The minimum atomic E-state index is -0.0945. The van der Waals surface area contributed by atoms with E-state index in [-0.39, 0.29) is 29.6 Å². The number of allylic oxidation sites excluding steroid dienone is 2. The van der Waals surface area contributed by atoms with Crippen LogP contribution in [-0.2, 0) is 14.4 Å². The molecular formula is C23H26N2O3. The Morgan fingerprint density at radius 3 is 2.21 bits per heavy atom. The number of likely N-dealkylation sites (tertiary alicyclic amines) is 1. The van der Waals surface area contributed by atoms with Crippen molar-refractivity contribution < 1.29 is 14.4 Å². The molecule has 5 heteroatoms. The summed E-state index contributed by atoms with van der Waals surface area (Å²) in [5, 5.41) is 2.88. The SMILES string of the molecule is O=C(CCCCCN1C(=O)C2C3C=CC(C4CC34)C2C1=O)Nc1ccccc1. The summed E-state index contributed by atoms with van der Waals surface area (Å²) in [6.45, 7) is 0.500. The molecule has 0 aromatic heterocycles. The van der Waals surface area contributed by atoms with Gasteiger partial charge in [-0.15, -0.1) is 0 Å². The second kappa shape index (κ2) is 6.87. The van der Waals surface area contributed by atoms with Crippen LogP contribution in [0, 0.1) is 35.5 Å². The van der Waals surface area contributed by atoms with E-state index in [9.17, 15) is 14.4 Å². The molecule has 146 valence electrons. The number of imide groups is 1. The van der Waals surface area contributed by atoms with E-state index in [1.54, 1.807) is 0 Å². The summed E-state index contributed by atoms with van der Waals surface area (Å²) in [5.74, 6) is 1.82. The molecule has 1 heterocycles. The van der Waals surface area contributed by atoms with Crippen molar-refractivity contribution in [1.29, 1.82) is 0 Å². The van der Waals surface area contributed by atoms with Crippen LogP contribution in [0.5, 0.6) is 0 Å². The lowest BCUT2D eigenvalue weighted by Gasteiger charge is -2.37. The fourth-order valence-electron chi connectivity index (χ4n) is 5.72. The molecule has 4 aliphatic carbocycles. The molecule has 1 aliphatic heterocycles. The smallest absolute Gasteiger partial charge is 0.233 e. The third kappa shape index (κ3) is 2.88. The molecule has 1 N–H and O–H groups in total. The normalized spacial score (nSPS) is 34.4. The first kappa shape index (κ1) is 17.7. The second-order valence-electron chi connectivity index (χ2n) is 8.71. The first-order valence-corrected chi connectivity index (χ1v) is 10.5. The average molecular weight is 378 g/mol. The van der Waals surface area contributed by atoms with Crippen LogP contribution in [0.1, 0.15) is 32.1 Å². The van der Waals surface area contributed by atoms with Gasteiger partial charge >= 0.3 is 0 Å². The molecule has 6 atom stereocenters. The second-order valence-corrected chi connectivity index (χ2v) is 8.71. The fourth-order valence-corrected chi connectivity index (χ4v) is 5.72. The van der Waals surface area contributed by atoms with Crippen molar-refractivity contribution in [2.75, 3.05) is 11.9 Å². The summed E-state index contributed by atoms with van der Waals surface area (Å²) in [7, 11) is 0. The Hall–Kier alpha value is -2.43. The van der Waals surface area contributed by atoms with Crippen molar-refractivity contribution in [2.45, 2.75) is 32.1 Å². The molecule has 6 rings (SSSR count). The van der Waals surface area contributed by atoms with Crippen molar-refractivity contribution in [3.8, 4) is 0 Å². The van der Waals surface area contributed by atoms with E-state index >= 15 is 0 Å². The van der Waals surface area contributed by atoms with Gasteiger partial charge in [0.15, 0.2) is 0 Å². The number of nitrogens with zero attached hydrogens (tertiary/aromatic N) is 1. The minimum Gasteiger partial charge on any atom is -0.326 e. The number of rotatable bonds is 7. The molecule has 0 spiro atoms. The Bertz CT molecular complexity index is 798. The number of hydrogen-bond donors (Lipinski definition) is 1. The summed E-state index contributed by atoms with van der Waals surface area (Å²) in [6, 6.07) is 9.43. The minimum absolute atomic E-state index is 0.00687. The van der Waals surface area contributed by atoms with Crippen molar-refractivity contribution >= 4 is 23.4 Å². The standard InChI is InChI=1S/C23H26N2O3/c26-19(24-14-7-3-1-4-8-14)9-5-2-6-12-25-22(27)20-15-10-11-16(18-13-17(15)18)21(20)23(25)28/h1,3-4,7-8,10-11,15-18,20-21H,2,5-6,9,12-13H2,(H,24,26). The Morgan fingerprint density at radius 2 is 1.57 bits per heavy atom. The number of nitrogens with one attached hydrogen (secondary N) is 1. The average Bonchev–Trinajstić information content (AvgIpc) is 3.48. The van der Waals surface area contributed by atoms with Crippen LogP contribution in [0.4, 0.5) is 5.69 Å². The molecule has 6 unspecified atom stereocenters. The number of para-hydroxylation sites is 1. The van der Waals surface area contributed by atoms with E-state index in [1.165, 1.54) is 11.3 Å². The number of hydrogen-bond acceptors (Lipinski definition) is 3. The molecular weight excluding hydrogens is 352 g/mol. The van der Waals surface area contributed by atoms with Gasteiger partial charge in [0.25, 0.3) is 0 Å². The molecule has 2 bridgehead atoms. The molecule has 1 aromatic rings. The molecule has 2 saturated carbocycles. The maximum atomic E-state index is 12.9. The monoisotopic (exact) mass is 378 g/mol. The van der Waals surface area contributed by atoms with Crippen LogP contribution < -0.4 is 5.32 Å². The lowest BCUT2D eigenvalue weighted by molar-refractivity contribution is -0.140. The van der Waals surface area contributed by atoms with Crippen LogP contribution in [0.15, 0.2) is 42.5 Å². The van der Waals surface area contributed by atoms with Gasteiger partial charge < -0.3 is 5.32 Å². The lowest BCUT2D eigenvalue weighted by Crippen LogP contribution is -2.40. The van der Waals surface area contributed by atoms with E-state index < -0.39 is 0 Å². The zero-order valence-corrected chi connectivity index (χ0v) is 15.9. The van der Waals surface area contributed by atoms with Gasteiger partial charge in [0, 0.05) is 18.7 Å². The summed E-state index contributed by atoms with van der Waals surface area (Å²) >= 11 is 0. The Morgan fingerprint density at radius 1 is 0.929 bits per heavy atom. The largest absolute Gasteiger partial charge is 0.326 e. The van der Waals surface area contributed by atoms with Gasteiger partial charge in [-0.05, 0) is 55.1 Å². The fraction of sp³-hybridized carbons (Fsp3) is 0.522. The Kier molecular flexibility index (Phi) is 4.33. The quantitative estimate of drug-likeness (QED) is 0.450. The number of benzene rings is 1. The summed E-state index contributed by atoms with van der Waals surface area (Å²) in [4.78, 5) is 39.3. The molecule has 28 heavy (non-hydrogen) atoms. The number of carbonyl (C=O) groups excluding carboxylic acids is 3. The molecule has 3 fully saturated rings. The highest BCUT2D eigenvalue weighted by Crippen LogP contribution is 2.65. The number of unbranched alkanes of at least 4 members (excludes halogenated alkanes) is 2. The number of carbonyl (C=O) groups is 3. The Balaban J connectivity index is 1.08. The van der Waals surface area contributed by atoms with Crippen molar-refractivity contribution in [3.05, 3.63) is 42.5 Å². The van der Waals surface area contributed by atoms with Gasteiger partial charge in [-0.1, -0.05) is 36.8 Å². The van der Waals surface area contributed by atoms with Gasteiger partial charge in [0.2, 0.25) is 17.7 Å². The van der Waals surface area contributed by atoms with E-state index in [2.05, 4.69) is 17.5 Å². The first-order valence-electron chi connectivity index (χ1n) is 10.5. The van der Waals surface area contributed by atoms with Gasteiger partial charge in [0.1, 0.15) is 0 Å². The van der Waals surface area contributed by atoms with E-state index in [4.69, 9.17) is 0 Å². The van der Waals surface area contributed by atoms with E-state index in [0.717, 1.165) is 24.9 Å². The van der Waals surface area contributed by atoms with Gasteiger partial charge in [0.05, 0.1) is 11.8 Å². The maximum Gasteiger partial charge on any atom is 0.233 e. The van der Waals surface area contributed by atoms with Crippen molar-refractivity contribution in [1.82, 2.24) is 4.90 Å². The predicted molar refractivity (Wildman–Crippen MR) is 105 cm³/mol. The highest BCUT2D eigenvalue weighted by Gasteiger charge is 2.66. The topological polar surface area (TPSA) is 66.5 Å². The zero-order valence-electron chi connectivity index (χ0n) is 15.9. The van der Waals surface area contributed by atoms with Crippen LogP contribution in [0.2, 0.25) is 0 Å². The highest BCUT2D eigenvalue weighted by molar-refractivity contribution is 6.06. The van der Waals surface area contributed by atoms with Gasteiger partial charge in [-0.2, -0.15) is 0 Å². The van der Waals surface area contributed by atoms with Gasteiger partial charge in [-0.25, -0.2) is 0 Å². The summed E-state index contributed by atoms with van der Waals surface area (Å²) < 4.78 is 0. The third-order valence-corrected chi connectivity index (χ3v) is 7.10. The first-order chi connectivity index (χ1) is 13.6. The van der Waals surface area contributed by atoms with E-state index in [0.29, 0.717) is 36.6 Å². The number of amides is 3. The molecule has 1 saturated heterocycles. The number of anilines is 1. The van der Waals surface area contributed by atoms with Crippen molar-refractivity contribution in [3.63, 3.8) is 0 Å². The van der Waals surface area contributed by atoms with Crippen molar-refractivity contribution in [2.24, 2.45) is 35.5 Å². The molecule has 3 amide bonds.